The molecule has 2 aromatic carbocycles. The normalized spacial score (nSPS) is 11.4. The third-order valence-electron chi connectivity index (χ3n) is 6.62. The molecule has 0 spiro atoms. The van der Waals surface area contributed by atoms with Crippen LogP contribution in [0.1, 0.15) is 47.7 Å². The lowest BCUT2D eigenvalue weighted by atomic mass is 10.1. The van der Waals surface area contributed by atoms with E-state index in [1.165, 1.54) is 4.57 Å². The Hall–Kier alpha value is -5.82. The van der Waals surface area contributed by atoms with E-state index >= 15 is 0 Å². The van der Waals surface area contributed by atoms with Crippen molar-refractivity contribution in [1.82, 2.24) is 34.6 Å². The molecule has 10 heteroatoms. The molecule has 10 nitrogen and oxygen atoms in total. The second kappa shape index (κ2) is 11.3. The number of pyridine rings is 2. The predicted molar refractivity (Wildman–Crippen MR) is 163 cm³/mol. The van der Waals surface area contributed by atoms with Gasteiger partial charge in [-0.2, -0.15) is 5.10 Å². The van der Waals surface area contributed by atoms with Gasteiger partial charge in [0.15, 0.2) is 0 Å². The number of para-hydroxylation sites is 1. The number of nitrogen functional groups attached to an aromatic ring is 1. The Bertz CT molecular complexity index is 2070. The number of fused-ring (bicyclic) bond motifs is 2. The molecule has 0 aliphatic heterocycles. The summed E-state index contributed by atoms with van der Waals surface area (Å²) >= 11 is 0. The standard InChI is InChI=1S/C31H24N8O2.CH4/c1-19(36-30(40)26-27-22(9-7-15-33-27)17-34-28(26)32)29-37-24-12-6-8-21(14-13-20-16-35-38(2)18-20)25(24)31(41)39(29)23-10-4-3-5-11-23;/h3-12,15-19H,1-2H3,(H2,32,34)(H,36,40);1H4/t19-;/m0./s1. The van der Waals surface area contributed by atoms with Gasteiger partial charge >= 0.3 is 0 Å². The van der Waals surface area contributed by atoms with Gasteiger partial charge in [0.05, 0.1) is 39.9 Å². The molecule has 6 rings (SSSR count). The Morgan fingerprint density at radius 3 is 2.57 bits per heavy atom. The molecule has 6 aromatic rings. The van der Waals surface area contributed by atoms with Gasteiger partial charge in [0.25, 0.3) is 11.5 Å². The van der Waals surface area contributed by atoms with Crippen LogP contribution in [0.4, 0.5) is 5.82 Å². The number of nitrogens with two attached hydrogens (primary N) is 1. The lowest BCUT2D eigenvalue weighted by molar-refractivity contribution is 0.0940. The fraction of sp³-hybridized carbons (Fsp3) is 0.125. The first-order valence-electron chi connectivity index (χ1n) is 12.8. The number of amides is 1. The minimum atomic E-state index is -0.691. The largest absolute Gasteiger partial charge is 0.383 e. The van der Waals surface area contributed by atoms with E-state index in [9.17, 15) is 9.59 Å². The van der Waals surface area contributed by atoms with Crippen LogP contribution in [0.15, 0.2) is 90.2 Å². The maximum absolute atomic E-state index is 14.2. The average Bonchev–Trinajstić information content (AvgIpc) is 3.40. The first-order chi connectivity index (χ1) is 19.9. The number of rotatable bonds is 4. The lowest BCUT2D eigenvalue weighted by Gasteiger charge is -2.20. The van der Waals surface area contributed by atoms with E-state index in [0.29, 0.717) is 38.9 Å². The summed E-state index contributed by atoms with van der Waals surface area (Å²) in [7, 11) is 1.81. The average molecular weight is 557 g/mol. The van der Waals surface area contributed by atoms with Crippen LogP contribution < -0.4 is 16.6 Å². The lowest BCUT2D eigenvalue weighted by Crippen LogP contribution is -2.34. The van der Waals surface area contributed by atoms with E-state index < -0.39 is 11.9 Å². The van der Waals surface area contributed by atoms with Crippen molar-refractivity contribution in [3.05, 3.63) is 118 Å². The Kier molecular flexibility index (Phi) is 7.49. The summed E-state index contributed by atoms with van der Waals surface area (Å²) in [5.41, 5.74) is 8.74. The molecular formula is C32H28N8O2. The fourth-order valence-electron chi connectivity index (χ4n) is 4.71. The first-order valence-corrected chi connectivity index (χ1v) is 12.8. The third kappa shape index (κ3) is 5.07. The number of nitrogens with zero attached hydrogens (tertiary/aromatic N) is 6. The molecular weight excluding hydrogens is 528 g/mol. The van der Waals surface area contributed by atoms with E-state index in [-0.39, 0.29) is 24.4 Å². The summed E-state index contributed by atoms with van der Waals surface area (Å²) in [6, 6.07) is 17.4. The molecule has 0 radical (unpaired) electrons. The minimum absolute atomic E-state index is 0. The Labute approximate surface area is 241 Å². The van der Waals surface area contributed by atoms with Crippen molar-refractivity contribution in [2.24, 2.45) is 7.05 Å². The van der Waals surface area contributed by atoms with Gasteiger partial charge in [-0.05, 0) is 43.3 Å². The van der Waals surface area contributed by atoms with E-state index in [1.807, 2.05) is 43.4 Å². The summed E-state index contributed by atoms with van der Waals surface area (Å²) in [4.78, 5) is 41.1. The number of hydrogen-bond donors (Lipinski definition) is 2. The van der Waals surface area contributed by atoms with Crippen molar-refractivity contribution in [2.75, 3.05) is 5.73 Å². The quantitative estimate of drug-likeness (QED) is 0.311. The zero-order chi connectivity index (χ0) is 28.5. The highest BCUT2D eigenvalue weighted by atomic mass is 16.2. The fourth-order valence-corrected chi connectivity index (χ4v) is 4.71. The van der Waals surface area contributed by atoms with Gasteiger partial charge in [-0.3, -0.25) is 23.8 Å². The minimum Gasteiger partial charge on any atom is -0.383 e. The van der Waals surface area contributed by atoms with E-state index in [2.05, 4.69) is 32.2 Å². The molecule has 0 unspecified atom stereocenters. The first kappa shape index (κ1) is 27.7. The van der Waals surface area contributed by atoms with Crippen molar-refractivity contribution in [3.63, 3.8) is 0 Å². The van der Waals surface area contributed by atoms with Gasteiger partial charge in [-0.25, -0.2) is 9.97 Å². The number of carbonyl (C=O) groups excluding carboxylic acids is 1. The summed E-state index contributed by atoms with van der Waals surface area (Å²) in [6.07, 6.45) is 6.63. The van der Waals surface area contributed by atoms with Gasteiger partial charge in [0, 0.05) is 36.6 Å². The maximum Gasteiger partial charge on any atom is 0.267 e. The number of benzene rings is 2. The molecule has 0 fully saturated rings. The van der Waals surface area contributed by atoms with Crippen LogP contribution in [0.3, 0.4) is 0 Å². The van der Waals surface area contributed by atoms with Crippen LogP contribution in [-0.4, -0.2) is 35.2 Å². The molecule has 1 amide bonds. The molecule has 3 N–H and O–H groups in total. The molecule has 208 valence electrons. The van der Waals surface area contributed by atoms with Crippen molar-refractivity contribution in [3.8, 4) is 17.5 Å². The summed E-state index contributed by atoms with van der Waals surface area (Å²) in [5.74, 6) is 6.11. The Morgan fingerprint density at radius 1 is 1.00 bits per heavy atom. The third-order valence-corrected chi connectivity index (χ3v) is 6.62. The molecule has 42 heavy (non-hydrogen) atoms. The Morgan fingerprint density at radius 2 is 1.81 bits per heavy atom. The van der Waals surface area contributed by atoms with Crippen LogP contribution in [0.5, 0.6) is 0 Å². The zero-order valence-corrected chi connectivity index (χ0v) is 22.2. The van der Waals surface area contributed by atoms with Crippen molar-refractivity contribution >= 4 is 33.5 Å². The van der Waals surface area contributed by atoms with Gasteiger partial charge in [0.1, 0.15) is 17.2 Å². The van der Waals surface area contributed by atoms with Gasteiger partial charge in [-0.15, -0.1) is 0 Å². The number of nitrogens with one attached hydrogen (secondary N) is 1. The second-order valence-electron chi connectivity index (χ2n) is 9.45. The highest BCUT2D eigenvalue weighted by Gasteiger charge is 2.23. The molecule has 0 saturated heterocycles. The van der Waals surface area contributed by atoms with Gasteiger partial charge in [0.2, 0.25) is 0 Å². The summed E-state index contributed by atoms with van der Waals surface area (Å²) < 4.78 is 3.17. The molecule has 0 bridgehead atoms. The number of hydrogen-bond acceptors (Lipinski definition) is 7. The molecule has 4 heterocycles. The van der Waals surface area contributed by atoms with Crippen molar-refractivity contribution < 1.29 is 4.79 Å². The maximum atomic E-state index is 14.2. The second-order valence-corrected chi connectivity index (χ2v) is 9.45. The highest BCUT2D eigenvalue weighted by molar-refractivity contribution is 6.09. The molecule has 0 saturated carbocycles. The molecule has 0 aliphatic rings. The van der Waals surface area contributed by atoms with Crippen LogP contribution in [0, 0.1) is 11.8 Å². The van der Waals surface area contributed by atoms with Crippen LogP contribution in [-0.2, 0) is 7.05 Å². The van der Waals surface area contributed by atoms with E-state index in [0.717, 1.165) is 5.56 Å². The topological polar surface area (TPSA) is 134 Å². The monoisotopic (exact) mass is 556 g/mol. The van der Waals surface area contributed by atoms with E-state index in [4.69, 9.17) is 10.7 Å². The van der Waals surface area contributed by atoms with Crippen LogP contribution in [0.25, 0.3) is 27.5 Å². The number of anilines is 1. The predicted octanol–water partition coefficient (Wildman–Crippen LogP) is 4.17. The number of carbonyl (C=O) groups is 1. The number of aromatic nitrogens is 6. The van der Waals surface area contributed by atoms with Crippen LogP contribution in [0.2, 0.25) is 0 Å². The SMILES string of the molecule is C.C[C@H](NC(=O)c1c(N)ncc2cccnc12)c1nc2cccc(C#Cc3cnn(C)c3)c2c(=O)n1-c1ccccc1. The van der Waals surface area contributed by atoms with Crippen molar-refractivity contribution in [1.29, 1.82) is 0 Å². The smallest absolute Gasteiger partial charge is 0.267 e. The van der Waals surface area contributed by atoms with Gasteiger partial charge < -0.3 is 11.1 Å². The highest BCUT2D eigenvalue weighted by Crippen LogP contribution is 2.23. The molecule has 0 aliphatic carbocycles. The van der Waals surface area contributed by atoms with Crippen LogP contribution >= 0.6 is 0 Å². The zero-order valence-electron chi connectivity index (χ0n) is 22.2. The Balaban J connectivity index is 0.00000353. The number of aryl methyl sites for hydroxylation is 1. The summed E-state index contributed by atoms with van der Waals surface area (Å²) in [5, 5.41) is 8.16. The van der Waals surface area contributed by atoms with Gasteiger partial charge in [-0.1, -0.05) is 43.5 Å². The van der Waals surface area contributed by atoms with E-state index in [1.54, 1.807) is 60.7 Å². The summed E-state index contributed by atoms with van der Waals surface area (Å²) in [6.45, 7) is 1.76. The molecule has 1 atom stereocenters. The van der Waals surface area contributed by atoms with Crippen molar-refractivity contribution in [2.45, 2.75) is 20.4 Å². The molecule has 4 aromatic heterocycles.